The smallest absolute Gasteiger partial charge is 0.127 e. The van der Waals surface area contributed by atoms with Gasteiger partial charge in [0, 0.05) is 17.9 Å². The Morgan fingerprint density at radius 3 is 2.64 bits per heavy atom. The topological polar surface area (TPSA) is 46.5 Å². The van der Waals surface area contributed by atoms with Gasteiger partial charge in [0.2, 0.25) is 0 Å². The minimum atomic E-state index is -0.322. The molecule has 1 atom stereocenters. The average Bonchev–Trinajstić information content (AvgIpc) is 2.50. The van der Waals surface area contributed by atoms with Crippen molar-refractivity contribution in [3.05, 3.63) is 23.3 Å². The molecule has 0 amide bonds. The number of unbranched alkanes of at least 4 members (excludes halogenated alkanes) is 3. The summed E-state index contributed by atoms with van der Waals surface area (Å²) in [6.45, 7) is 10.8. The van der Waals surface area contributed by atoms with Crippen LogP contribution in [0.3, 0.4) is 0 Å². The quantitative estimate of drug-likeness (QED) is 0.473. The van der Waals surface area contributed by atoms with E-state index in [-0.39, 0.29) is 22.7 Å². The summed E-state index contributed by atoms with van der Waals surface area (Å²) >= 11 is 0. The summed E-state index contributed by atoms with van der Waals surface area (Å²) in [6.07, 6.45) is 8.16. The van der Waals surface area contributed by atoms with Crippen molar-refractivity contribution in [2.24, 2.45) is 0 Å². The third kappa shape index (κ3) is 4.77. The lowest BCUT2D eigenvalue weighted by molar-refractivity contribution is -0.108. The van der Waals surface area contributed by atoms with Crippen molar-refractivity contribution in [2.45, 2.75) is 96.5 Å². The number of fused-ring (bicyclic) bond motifs is 1. The van der Waals surface area contributed by atoms with E-state index in [1.54, 1.807) is 0 Å². The molecule has 1 N–H and O–H groups in total. The van der Waals surface area contributed by atoms with Crippen LogP contribution in [0.4, 0.5) is 0 Å². The van der Waals surface area contributed by atoms with Gasteiger partial charge in [-0.3, -0.25) is 0 Å². The lowest BCUT2D eigenvalue weighted by Gasteiger charge is -2.38. The van der Waals surface area contributed by atoms with E-state index in [0.717, 1.165) is 36.0 Å². The molecule has 140 valence electrons. The number of aromatic hydroxyl groups is 1. The van der Waals surface area contributed by atoms with Crippen LogP contribution in [0.15, 0.2) is 12.1 Å². The number of carbonyl (C=O) groups is 1. The molecular weight excluding hydrogens is 312 g/mol. The van der Waals surface area contributed by atoms with Crippen LogP contribution in [-0.4, -0.2) is 17.0 Å². The first-order chi connectivity index (χ1) is 11.7. The van der Waals surface area contributed by atoms with Crippen molar-refractivity contribution < 1.29 is 14.6 Å². The highest BCUT2D eigenvalue weighted by molar-refractivity contribution is 5.58. The fraction of sp³-hybridized carbons (Fsp3) is 0.682. The Balaban J connectivity index is 2.31. The van der Waals surface area contributed by atoms with E-state index in [4.69, 9.17) is 4.74 Å². The molecule has 0 bridgehead atoms. The first kappa shape index (κ1) is 19.8. The predicted molar refractivity (Wildman–Crippen MR) is 103 cm³/mol. The van der Waals surface area contributed by atoms with Crippen LogP contribution in [0.1, 0.15) is 96.6 Å². The van der Waals surface area contributed by atoms with Gasteiger partial charge in [0.05, 0.1) is 0 Å². The predicted octanol–water partition coefficient (Wildman–Crippen LogP) is 5.87. The number of carbonyl (C=O) groups excluding carboxylic acids is 1. The average molecular weight is 347 g/mol. The summed E-state index contributed by atoms with van der Waals surface area (Å²) in [5, 5.41) is 10.7. The maximum absolute atomic E-state index is 11.1. The Hall–Kier alpha value is -1.51. The Bertz CT molecular complexity index is 602. The largest absolute Gasteiger partial charge is 0.508 e. The lowest BCUT2D eigenvalue weighted by atomic mass is 9.76. The number of aldehydes is 1. The zero-order valence-corrected chi connectivity index (χ0v) is 16.5. The van der Waals surface area contributed by atoms with Crippen LogP contribution in [0, 0.1) is 0 Å². The summed E-state index contributed by atoms with van der Waals surface area (Å²) in [5.41, 5.74) is 1.59. The minimum Gasteiger partial charge on any atom is -0.508 e. The molecule has 0 fully saturated rings. The summed E-state index contributed by atoms with van der Waals surface area (Å²) in [4.78, 5) is 11.1. The second-order valence-electron chi connectivity index (χ2n) is 8.77. The Morgan fingerprint density at radius 2 is 2.00 bits per heavy atom. The van der Waals surface area contributed by atoms with E-state index in [1.165, 1.54) is 25.7 Å². The van der Waals surface area contributed by atoms with E-state index in [1.807, 2.05) is 19.9 Å². The third-order valence-electron chi connectivity index (χ3n) is 5.47. The number of ether oxygens (including phenoxy) is 1. The number of benzene rings is 1. The molecule has 0 saturated heterocycles. The Labute approximate surface area is 152 Å². The lowest BCUT2D eigenvalue weighted by Crippen LogP contribution is -2.35. The number of phenols is 1. The summed E-state index contributed by atoms with van der Waals surface area (Å²) in [7, 11) is 0. The zero-order chi connectivity index (χ0) is 18.7. The van der Waals surface area contributed by atoms with Crippen molar-refractivity contribution in [3.8, 4) is 11.5 Å². The van der Waals surface area contributed by atoms with Gasteiger partial charge in [0.15, 0.2) is 0 Å². The van der Waals surface area contributed by atoms with Gasteiger partial charge in [-0.1, -0.05) is 46.5 Å². The number of hydrogen-bond donors (Lipinski definition) is 1. The molecule has 0 aliphatic carbocycles. The fourth-order valence-corrected chi connectivity index (χ4v) is 3.99. The molecule has 2 rings (SSSR count). The maximum atomic E-state index is 11.1. The molecule has 0 saturated carbocycles. The Kier molecular flexibility index (Phi) is 6.18. The van der Waals surface area contributed by atoms with Crippen LogP contribution >= 0.6 is 0 Å². The van der Waals surface area contributed by atoms with Gasteiger partial charge in [-0.2, -0.15) is 0 Å². The highest BCUT2D eigenvalue weighted by atomic mass is 16.5. The van der Waals surface area contributed by atoms with Crippen molar-refractivity contribution in [3.63, 3.8) is 0 Å². The van der Waals surface area contributed by atoms with E-state index in [2.05, 4.69) is 26.8 Å². The number of phenolic OH excluding ortho intramolecular Hbond substituents is 1. The standard InChI is InChI=1S/C22H34O3/c1-6-7-8-9-11-21(2,3)17-13-18(24)20-16(10-12-23)15-22(4,5)25-19(20)14-17/h12-14,16,24H,6-11,15H2,1-5H3. The van der Waals surface area contributed by atoms with Gasteiger partial charge in [-0.25, -0.2) is 0 Å². The van der Waals surface area contributed by atoms with Crippen LogP contribution in [-0.2, 0) is 10.2 Å². The maximum Gasteiger partial charge on any atom is 0.127 e. The number of hydrogen-bond acceptors (Lipinski definition) is 3. The second-order valence-corrected chi connectivity index (χ2v) is 8.77. The molecule has 0 aromatic heterocycles. The molecule has 0 radical (unpaired) electrons. The second kappa shape index (κ2) is 7.80. The van der Waals surface area contributed by atoms with E-state index in [9.17, 15) is 9.90 Å². The van der Waals surface area contributed by atoms with Gasteiger partial charge >= 0.3 is 0 Å². The SMILES string of the molecule is CCCCCCC(C)(C)c1cc(O)c2c(c1)OC(C)(C)CC2CC=O. The van der Waals surface area contributed by atoms with Crippen molar-refractivity contribution in [1.82, 2.24) is 0 Å². The normalized spacial score (nSPS) is 19.2. The van der Waals surface area contributed by atoms with Gasteiger partial charge in [-0.05, 0) is 49.8 Å². The summed E-state index contributed by atoms with van der Waals surface area (Å²) in [5.74, 6) is 1.05. The fourth-order valence-electron chi connectivity index (χ4n) is 3.99. The minimum absolute atomic E-state index is 0.00857. The molecule has 1 aromatic rings. The molecule has 1 heterocycles. The first-order valence-corrected chi connectivity index (χ1v) is 9.70. The van der Waals surface area contributed by atoms with Gasteiger partial charge < -0.3 is 14.6 Å². The van der Waals surface area contributed by atoms with E-state index < -0.39 is 0 Å². The van der Waals surface area contributed by atoms with Crippen molar-refractivity contribution >= 4 is 6.29 Å². The molecule has 1 unspecified atom stereocenters. The molecule has 25 heavy (non-hydrogen) atoms. The third-order valence-corrected chi connectivity index (χ3v) is 5.47. The number of rotatable bonds is 8. The molecule has 3 nitrogen and oxygen atoms in total. The summed E-state index contributed by atoms with van der Waals surface area (Å²) < 4.78 is 6.18. The molecule has 1 aliphatic heterocycles. The van der Waals surface area contributed by atoms with Crippen LogP contribution in [0.2, 0.25) is 0 Å². The van der Waals surface area contributed by atoms with Gasteiger partial charge in [-0.15, -0.1) is 0 Å². The molecular formula is C22H34O3. The summed E-state index contributed by atoms with van der Waals surface area (Å²) in [6, 6.07) is 3.98. The monoisotopic (exact) mass is 346 g/mol. The van der Waals surface area contributed by atoms with Crippen LogP contribution in [0.5, 0.6) is 11.5 Å². The van der Waals surface area contributed by atoms with Gasteiger partial charge in [0.25, 0.3) is 0 Å². The van der Waals surface area contributed by atoms with E-state index in [0.29, 0.717) is 6.42 Å². The van der Waals surface area contributed by atoms with Crippen LogP contribution in [0.25, 0.3) is 0 Å². The molecule has 1 aromatic carbocycles. The van der Waals surface area contributed by atoms with Crippen molar-refractivity contribution in [1.29, 1.82) is 0 Å². The zero-order valence-electron chi connectivity index (χ0n) is 16.5. The van der Waals surface area contributed by atoms with E-state index >= 15 is 0 Å². The highest BCUT2D eigenvalue weighted by Crippen LogP contribution is 2.48. The van der Waals surface area contributed by atoms with Crippen molar-refractivity contribution in [2.75, 3.05) is 0 Å². The Morgan fingerprint density at radius 1 is 1.28 bits per heavy atom. The van der Waals surface area contributed by atoms with Gasteiger partial charge in [0.1, 0.15) is 23.4 Å². The molecule has 1 aliphatic rings. The highest BCUT2D eigenvalue weighted by Gasteiger charge is 2.36. The molecule has 3 heteroatoms. The van der Waals surface area contributed by atoms with Crippen LogP contribution < -0.4 is 4.74 Å². The first-order valence-electron chi connectivity index (χ1n) is 9.70. The molecule has 0 spiro atoms.